The molecule has 5 nitrogen and oxygen atoms in total. The summed E-state index contributed by atoms with van der Waals surface area (Å²) in [5.41, 5.74) is 4.00. The quantitative estimate of drug-likeness (QED) is 0.875. The lowest BCUT2D eigenvalue weighted by atomic mass is 9.89. The summed E-state index contributed by atoms with van der Waals surface area (Å²) < 4.78 is 23.1. The van der Waals surface area contributed by atoms with Crippen LogP contribution in [0, 0.1) is 5.92 Å². The summed E-state index contributed by atoms with van der Waals surface area (Å²) in [4.78, 5) is 14.4. The first kappa shape index (κ1) is 19.2. The topological polar surface area (TPSA) is 66.5 Å². The molecule has 1 aromatic carbocycles. The average Bonchev–Trinajstić information content (AvgIpc) is 2.60. The second-order valence-corrected chi connectivity index (χ2v) is 10.1. The van der Waals surface area contributed by atoms with Crippen molar-refractivity contribution in [3.63, 3.8) is 0 Å². The van der Waals surface area contributed by atoms with E-state index in [-0.39, 0.29) is 23.7 Å². The highest BCUT2D eigenvalue weighted by molar-refractivity contribution is 7.90. The van der Waals surface area contributed by atoms with Crippen molar-refractivity contribution in [1.82, 2.24) is 10.2 Å². The summed E-state index contributed by atoms with van der Waals surface area (Å²) >= 11 is 0. The maximum Gasteiger partial charge on any atom is 0.317 e. The molecule has 1 fully saturated rings. The molecule has 2 aliphatic rings. The number of nitrogens with one attached hydrogen (secondary N) is 1. The zero-order valence-corrected chi connectivity index (χ0v) is 16.6. The standard InChI is InChI=1S/C20H30N2O3S/c1-15(18-10-9-17-7-3-4-8-19(17)12-18)21-20(23)22-11-5-6-16(13-22)14-26(2,24)25/h9-10,12,15-16H,3-8,11,13-14H2,1-2H3,(H,21,23)/t15-,16-/m1/s1. The molecule has 1 aliphatic carbocycles. The van der Waals surface area contributed by atoms with E-state index in [2.05, 4.69) is 23.5 Å². The number of carbonyl (C=O) groups excluding carboxylic acids is 1. The van der Waals surface area contributed by atoms with E-state index in [0.717, 1.165) is 31.2 Å². The third kappa shape index (κ3) is 5.00. The van der Waals surface area contributed by atoms with Crippen molar-refractivity contribution in [2.45, 2.75) is 51.5 Å². The fourth-order valence-electron chi connectivity index (χ4n) is 4.20. The van der Waals surface area contributed by atoms with E-state index in [1.807, 2.05) is 6.92 Å². The number of urea groups is 1. The molecular formula is C20H30N2O3S. The number of rotatable bonds is 4. The van der Waals surface area contributed by atoms with Crippen LogP contribution in [0.15, 0.2) is 18.2 Å². The molecule has 1 heterocycles. The van der Waals surface area contributed by atoms with Gasteiger partial charge >= 0.3 is 6.03 Å². The van der Waals surface area contributed by atoms with E-state index in [4.69, 9.17) is 0 Å². The van der Waals surface area contributed by atoms with Gasteiger partial charge in [-0.3, -0.25) is 0 Å². The summed E-state index contributed by atoms with van der Waals surface area (Å²) in [7, 11) is -3.01. The number of piperidine rings is 1. The van der Waals surface area contributed by atoms with Crippen LogP contribution in [-0.4, -0.2) is 44.4 Å². The first-order valence-electron chi connectivity index (χ1n) is 9.67. The van der Waals surface area contributed by atoms with E-state index >= 15 is 0 Å². The molecule has 2 atom stereocenters. The van der Waals surface area contributed by atoms with Gasteiger partial charge in [-0.25, -0.2) is 13.2 Å². The molecule has 6 heteroatoms. The van der Waals surface area contributed by atoms with Crippen LogP contribution in [0.4, 0.5) is 4.79 Å². The van der Waals surface area contributed by atoms with Gasteiger partial charge in [-0.1, -0.05) is 18.2 Å². The van der Waals surface area contributed by atoms with Crippen molar-refractivity contribution in [2.24, 2.45) is 5.92 Å². The monoisotopic (exact) mass is 378 g/mol. The number of amides is 2. The summed E-state index contributed by atoms with van der Waals surface area (Å²) in [5, 5.41) is 3.09. The number of hydrogen-bond donors (Lipinski definition) is 1. The summed E-state index contributed by atoms with van der Waals surface area (Å²) in [5.74, 6) is 0.209. The average molecular weight is 379 g/mol. The van der Waals surface area contributed by atoms with Crippen molar-refractivity contribution in [3.05, 3.63) is 34.9 Å². The van der Waals surface area contributed by atoms with E-state index in [1.54, 1.807) is 4.90 Å². The Bertz CT molecular complexity index is 760. The highest BCUT2D eigenvalue weighted by Crippen LogP contribution is 2.25. The molecule has 1 aromatic rings. The Morgan fingerprint density at radius 2 is 1.96 bits per heavy atom. The number of likely N-dealkylation sites (tertiary alicyclic amines) is 1. The number of benzene rings is 1. The SMILES string of the molecule is C[C@@H](NC(=O)N1CCC[C@@H](CS(C)(=O)=O)C1)c1ccc2c(c1)CCCC2. The van der Waals surface area contributed by atoms with Crippen LogP contribution < -0.4 is 5.32 Å². The lowest BCUT2D eigenvalue weighted by Crippen LogP contribution is -2.47. The fourth-order valence-corrected chi connectivity index (χ4v) is 5.32. The second-order valence-electron chi connectivity index (χ2n) is 7.95. The zero-order valence-electron chi connectivity index (χ0n) is 15.8. The minimum Gasteiger partial charge on any atom is -0.331 e. The molecule has 1 aliphatic heterocycles. The van der Waals surface area contributed by atoms with Gasteiger partial charge in [0, 0.05) is 19.3 Å². The molecule has 0 unspecified atom stereocenters. The van der Waals surface area contributed by atoms with Gasteiger partial charge in [-0.2, -0.15) is 0 Å². The van der Waals surface area contributed by atoms with Gasteiger partial charge in [0.2, 0.25) is 0 Å². The molecule has 0 aromatic heterocycles. The van der Waals surface area contributed by atoms with Crippen molar-refractivity contribution in [3.8, 4) is 0 Å². The van der Waals surface area contributed by atoms with Gasteiger partial charge in [0.1, 0.15) is 9.84 Å². The molecule has 0 radical (unpaired) electrons. The number of hydrogen-bond acceptors (Lipinski definition) is 3. The van der Waals surface area contributed by atoms with Gasteiger partial charge in [0.05, 0.1) is 11.8 Å². The molecule has 0 saturated carbocycles. The third-order valence-corrected chi connectivity index (χ3v) is 6.63. The van der Waals surface area contributed by atoms with Gasteiger partial charge in [-0.15, -0.1) is 0 Å². The van der Waals surface area contributed by atoms with Crippen molar-refractivity contribution in [2.75, 3.05) is 25.1 Å². The smallest absolute Gasteiger partial charge is 0.317 e. The van der Waals surface area contributed by atoms with E-state index in [1.165, 1.54) is 30.2 Å². The molecule has 2 amide bonds. The highest BCUT2D eigenvalue weighted by Gasteiger charge is 2.27. The number of fused-ring (bicyclic) bond motifs is 1. The van der Waals surface area contributed by atoms with Gasteiger partial charge in [0.15, 0.2) is 0 Å². The van der Waals surface area contributed by atoms with Crippen molar-refractivity contribution in [1.29, 1.82) is 0 Å². The van der Waals surface area contributed by atoms with Crippen LogP contribution in [0.5, 0.6) is 0 Å². The van der Waals surface area contributed by atoms with E-state index < -0.39 is 9.84 Å². The molecule has 0 bridgehead atoms. The second kappa shape index (κ2) is 7.99. The van der Waals surface area contributed by atoms with Gasteiger partial charge in [0.25, 0.3) is 0 Å². The lowest BCUT2D eigenvalue weighted by Gasteiger charge is -2.33. The summed E-state index contributed by atoms with van der Waals surface area (Å²) in [6.45, 7) is 3.24. The summed E-state index contributed by atoms with van der Waals surface area (Å²) in [6, 6.07) is 6.42. The third-order valence-electron chi connectivity index (χ3n) is 5.56. The maximum absolute atomic E-state index is 12.6. The lowest BCUT2D eigenvalue weighted by molar-refractivity contribution is 0.167. The molecule has 0 spiro atoms. The normalized spacial score (nSPS) is 21.8. The zero-order chi connectivity index (χ0) is 18.7. The first-order chi connectivity index (χ1) is 12.3. The van der Waals surface area contributed by atoms with E-state index in [0.29, 0.717) is 13.1 Å². The molecule has 144 valence electrons. The van der Waals surface area contributed by atoms with Crippen LogP contribution in [0.1, 0.15) is 55.3 Å². The van der Waals surface area contributed by atoms with Crippen LogP contribution >= 0.6 is 0 Å². The van der Waals surface area contributed by atoms with Crippen LogP contribution in [0.2, 0.25) is 0 Å². The van der Waals surface area contributed by atoms with Crippen molar-refractivity contribution < 1.29 is 13.2 Å². The predicted octanol–water partition coefficient (Wildman–Crippen LogP) is 3.09. The molecule has 26 heavy (non-hydrogen) atoms. The minimum absolute atomic E-state index is 0.0450. The summed E-state index contributed by atoms with van der Waals surface area (Å²) in [6.07, 6.45) is 7.80. The van der Waals surface area contributed by atoms with Crippen LogP contribution in [0.25, 0.3) is 0 Å². The van der Waals surface area contributed by atoms with Crippen LogP contribution in [0.3, 0.4) is 0 Å². The van der Waals surface area contributed by atoms with Crippen molar-refractivity contribution >= 4 is 15.9 Å². The number of aryl methyl sites for hydroxylation is 2. The van der Waals surface area contributed by atoms with Gasteiger partial charge < -0.3 is 10.2 Å². The highest BCUT2D eigenvalue weighted by atomic mass is 32.2. The van der Waals surface area contributed by atoms with E-state index in [9.17, 15) is 13.2 Å². The van der Waals surface area contributed by atoms with Crippen LogP contribution in [-0.2, 0) is 22.7 Å². The number of carbonyl (C=O) groups is 1. The predicted molar refractivity (Wildman–Crippen MR) is 104 cm³/mol. The Kier molecular flexibility index (Phi) is 5.90. The Morgan fingerprint density at radius 3 is 2.69 bits per heavy atom. The molecule has 3 rings (SSSR count). The largest absolute Gasteiger partial charge is 0.331 e. The molecule has 1 N–H and O–H groups in total. The molecular weight excluding hydrogens is 348 g/mol. The molecule has 1 saturated heterocycles. The Morgan fingerprint density at radius 1 is 1.23 bits per heavy atom. The Balaban J connectivity index is 1.60. The Labute approximate surface area is 157 Å². The first-order valence-corrected chi connectivity index (χ1v) is 11.7. The number of nitrogens with zero attached hydrogens (tertiary/aromatic N) is 1. The fraction of sp³-hybridized carbons (Fsp3) is 0.650. The van der Waals surface area contributed by atoms with Gasteiger partial charge in [-0.05, 0) is 68.1 Å². The Hall–Kier alpha value is -1.56. The number of sulfone groups is 1. The maximum atomic E-state index is 12.6. The minimum atomic E-state index is -3.01.